The van der Waals surface area contributed by atoms with Gasteiger partial charge in [-0.3, -0.25) is 4.90 Å². The highest BCUT2D eigenvalue weighted by atomic mass is 79.9. The fourth-order valence-corrected chi connectivity index (χ4v) is 4.23. The molecule has 20 heavy (non-hydrogen) atoms. The van der Waals surface area contributed by atoms with Crippen molar-refractivity contribution in [1.82, 2.24) is 10.2 Å². The molecule has 0 radical (unpaired) electrons. The largest absolute Gasteiger partial charge is 0.319 e. The number of nitrogens with one attached hydrogen (secondary N) is 1. The highest BCUT2D eigenvalue weighted by Gasteiger charge is 2.40. The van der Waals surface area contributed by atoms with Crippen LogP contribution in [0.4, 0.5) is 0 Å². The van der Waals surface area contributed by atoms with Gasteiger partial charge in [-0.15, -0.1) is 0 Å². The lowest BCUT2D eigenvalue weighted by Gasteiger charge is -2.42. The average Bonchev–Trinajstić information content (AvgIpc) is 3.26. The van der Waals surface area contributed by atoms with Crippen molar-refractivity contribution in [1.29, 1.82) is 0 Å². The Morgan fingerprint density at radius 3 is 2.85 bits per heavy atom. The van der Waals surface area contributed by atoms with Crippen LogP contribution in [-0.2, 0) is 0 Å². The Kier molecular flexibility index (Phi) is 4.71. The van der Waals surface area contributed by atoms with Gasteiger partial charge >= 0.3 is 0 Å². The zero-order valence-corrected chi connectivity index (χ0v) is 14.3. The normalized spacial score (nSPS) is 27.8. The maximum absolute atomic E-state index is 6.25. The first-order valence-electron chi connectivity index (χ1n) is 7.56. The fourth-order valence-electron chi connectivity index (χ4n) is 3.57. The summed E-state index contributed by atoms with van der Waals surface area (Å²) in [7, 11) is 2.06. The summed E-state index contributed by atoms with van der Waals surface area (Å²) < 4.78 is 1.19. The highest BCUT2D eigenvalue weighted by molar-refractivity contribution is 9.10. The zero-order chi connectivity index (χ0) is 14.1. The van der Waals surface area contributed by atoms with Crippen LogP contribution in [0.2, 0.25) is 5.02 Å². The molecular formula is C16H22BrClN2. The monoisotopic (exact) mass is 356 g/mol. The molecular weight excluding hydrogens is 336 g/mol. The molecule has 1 saturated carbocycles. The molecule has 1 N–H and O–H groups in total. The van der Waals surface area contributed by atoms with Gasteiger partial charge in [0.05, 0.1) is 0 Å². The van der Waals surface area contributed by atoms with Gasteiger partial charge in [-0.05, 0) is 75.5 Å². The predicted octanol–water partition coefficient (Wildman–Crippen LogP) is 4.24. The van der Waals surface area contributed by atoms with Crippen LogP contribution in [0.15, 0.2) is 22.7 Å². The van der Waals surface area contributed by atoms with Crippen molar-refractivity contribution in [2.45, 2.75) is 37.8 Å². The van der Waals surface area contributed by atoms with E-state index < -0.39 is 0 Å². The van der Waals surface area contributed by atoms with E-state index in [1.54, 1.807) is 0 Å². The predicted molar refractivity (Wildman–Crippen MR) is 88.3 cm³/mol. The van der Waals surface area contributed by atoms with E-state index >= 15 is 0 Å². The number of halogens is 2. The van der Waals surface area contributed by atoms with Crippen LogP contribution >= 0.6 is 27.5 Å². The molecule has 0 bridgehead atoms. The highest BCUT2D eigenvalue weighted by Crippen LogP contribution is 2.45. The number of likely N-dealkylation sites (tertiary alicyclic amines) is 1. The van der Waals surface area contributed by atoms with Gasteiger partial charge in [0.2, 0.25) is 0 Å². The molecule has 0 amide bonds. The lowest BCUT2D eigenvalue weighted by molar-refractivity contribution is 0.0840. The summed E-state index contributed by atoms with van der Waals surface area (Å²) in [5.41, 5.74) is 1.37. The molecule has 4 heteroatoms. The average molecular weight is 358 g/mol. The Hall–Kier alpha value is -0.0900. The lowest BCUT2D eigenvalue weighted by atomic mass is 9.84. The Morgan fingerprint density at radius 1 is 1.35 bits per heavy atom. The van der Waals surface area contributed by atoms with Gasteiger partial charge in [-0.2, -0.15) is 0 Å². The molecule has 1 aliphatic heterocycles. The first-order chi connectivity index (χ1) is 9.70. The van der Waals surface area contributed by atoms with E-state index in [2.05, 4.69) is 45.3 Å². The SMILES string of the molecule is CNCC1CCCN(C2CC2)C1c1cc(Cl)ccc1Br. The van der Waals surface area contributed by atoms with Crippen molar-refractivity contribution in [3.8, 4) is 0 Å². The van der Waals surface area contributed by atoms with Crippen LogP contribution in [0, 0.1) is 5.92 Å². The van der Waals surface area contributed by atoms with Crippen LogP contribution in [-0.4, -0.2) is 31.1 Å². The Balaban J connectivity index is 1.95. The molecule has 3 rings (SSSR count). The molecule has 110 valence electrons. The quantitative estimate of drug-likeness (QED) is 0.867. The van der Waals surface area contributed by atoms with Crippen LogP contribution in [0.3, 0.4) is 0 Å². The van der Waals surface area contributed by atoms with E-state index in [0.29, 0.717) is 12.0 Å². The Bertz CT molecular complexity index is 474. The Labute approximate surface area is 135 Å². The summed E-state index contributed by atoms with van der Waals surface area (Å²) in [6, 6.07) is 7.50. The minimum atomic E-state index is 0.497. The van der Waals surface area contributed by atoms with Crippen molar-refractivity contribution >= 4 is 27.5 Å². The van der Waals surface area contributed by atoms with Gasteiger partial charge in [0, 0.05) is 21.6 Å². The number of piperidine rings is 1. The van der Waals surface area contributed by atoms with Gasteiger partial charge in [0.15, 0.2) is 0 Å². The number of rotatable bonds is 4. The minimum Gasteiger partial charge on any atom is -0.319 e. The Morgan fingerprint density at radius 2 is 2.15 bits per heavy atom. The fraction of sp³-hybridized carbons (Fsp3) is 0.625. The number of hydrogen-bond acceptors (Lipinski definition) is 2. The van der Waals surface area contributed by atoms with Crippen LogP contribution in [0.5, 0.6) is 0 Å². The van der Waals surface area contributed by atoms with Crippen LogP contribution < -0.4 is 5.32 Å². The number of benzene rings is 1. The van der Waals surface area contributed by atoms with Gasteiger partial charge in [-0.1, -0.05) is 27.5 Å². The summed E-state index contributed by atoms with van der Waals surface area (Å²) in [6.45, 7) is 2.31. The summed E-state index contributed by atoms with van der Waals surface area (Å²) in [4.78, 5) is 2.72. The molecule has 2 fully saturated rings. The molecule has 1 aromatic rings. The second kappa shape index (κ2) is 6.35. The summed E-state index contributed by atoms with van der Waals surface area (Å²) in [5, 5.41) is 4.22. The second-order valence-corrected chi connectivity index (χ2v) is 7.33. The topological polar surface area (TPSA) is 15.3 Å². The van der Waals surface area contributed by atoms with Gasteiger partial charge in [-0.25, -0.2) is 0 Å². The van der Waals surface area contributed by atoms with Gasteiger partial charge < -0.3 is 5.32 Å². The van der Waals surface area contributed by atoms with Crippen LogP contribution in [0.1, 0.15) is 37.3 Å². The zero-order valence-electron chi connectivity index (χ0n) is 11.9. The molecule has 1 aromatic carbocycles. The van der Waals surface area contributed by atoms with E-state index in [9.17, 15) is 0 Å². The van der Waals surface area contributed by atoms with Gasteiger partial charge in [0.1, 0.15) is 0 Å². The van der Waals surface area contributed by atoms with Crippen molar-refractivity contribution in [3.63, 3.8) is 0 Å². The first kappa shape index (κ1) is 14.8. The third-order valence-corrected chi connectivity index (χ3v) is 5.51. The van der Waals surface area contributed by atoms with Gasteiger partial charge in [0.25, 0.3) is 0 Å². The number of nitrogens with zero attached hydrogens (tertiary/aromatic N) is 1. The molecule has 0 aromatic heterocycles. The van der Waals surface area contributed by atoms with Crippen molar-refractivity contribution in [2.24, 2.45) is 5.92 Å². The second-order valence-electron chi connectivity index (χ2n) is 6.04. The molecule has 2 unspecified atom stereocenters. The van der Waals surface area contributed by atoms with Crippen molar-refractivity contribution < 1.29 is 0 Å². The van der Waals surface area contributed by atoms with Crippen LogP contribution in [0.25, 0.3) is 0 Å². The van der Waals surface area contributed by atoms with E-state index in [1.807, 2.05) is 6.07 Å². The molecule has 2 aliphatic rings. The standard InChI is InChI=1S/C16H22BrClN2/c1-19-10-11-3-2-8-20(13-5-6-13)16(11)14-9-12(18)4-7-15(14)17/h4,7,9,11,13,16,19H,2-3,5-6,8,10H2,1H3. The summed E-state index contributed by atoms with van der Waals surface area (Å²) in [5.74, 6) is 0.670. The molecule has 2 nitrogen and oxygen atoms in total. The van der Waals surface area contributed by atoms with Crippen molar-refractivity contribution in [2.75, 3.05) is 20.1 Å². The molecule has 1 aliphatic carbocycles. The maximum atomic E-state index is 6.25. The molecule has 1 saturated heterocycles. The van der Waals surface area contributed by atoms with E-state index in [0.717, 1.165) is 17.6 Å². The van der Waals surface area contributed by atoms with E-state index in [-0.39, 0.29) is 0 Å². The maximum Gasteiger partial charge on any atom is 0.0410 e. The summed E-state index contributed by atoms with van der Waals surface area (Å²) in [6.07, 6.45) is 5.34. The minimum absolute atomic E-state index is 0.497. The third kappa shape index (κ3) is 3.06. The molecule has 1 heterocycles. The smallest absolute Gasteiger partial charge is 0.0410 e. The van der Waals surface area contributed by atoms with E-state index in [1.165, 1.54) is 42.3 Å². The van der Waals surface area contributed by atoms with E-state index in [4.69, 9.17) is 11.6 Å². The molecule has 2 atom stereocenters. The van der Waals surface area contributed by atoms with Crippen molar-refractivity contribution in [3.05, 3.63) is 33.3 Å². The lowest BCUT2D eigenvalue weighted by Crippen LogP contribution is -2.43. The first-order valence-corrected chi connectivity index (χ1v) is 8.73. The third-order valence-electron chi connectivity index (χ3n) is 4.55. The number of hydrogen-bond donors (Lipinski definition) is 1. The molecule has 0 spiro atoms. The summed E-state index contributed by atoms with van der Waals surface area (Å²) >= 11 is 9.98.